The lowest BCUT2D eigenvalue weighted by Gasteiger charge is -2.47. The third-order valence-corrected chi connectivity index (χ3v) is 5.62. The molecule has 0 unspecified atom stereocenters. The van der Waals surface area contributed by atoms with Gasteiger partial charge >= 0.3 is 0 Å². The molecule has 3 heteroatoms. The van der Waals surface area contributed by atoms with Gasteiger partial charge in [0, 0.05) is 0 Å². The Morgan fingerprint density at radius 1 is 1.09 bits per heavy atom. The Balaban J connectivity index is 2.31. The van der Waals surface area contributed by atoms with Gasteiger partial charge in [0.05, 0.1) is 22.9 Å². The highest BCUT2D eigenvalue weighted by Gasteiger charge is 2.45. The first-order chi connectivity index (χ1) is 10.6. The summed E-state index contributed by atoms with van der Waals surface area (Å²) in [6.07, 6.45) is 11.7. The van der Waals surface area contributed by atoms with Gasteiger partial charge in [-0.3, -0.25) is 0 Å². The smallest absolute Gasteiger partial charge is 0.0924 e. The predicted molar refractivity (Wildman–Crippen MR) is 94.2 cm³/mol. The molecule has 5 atom stereocenters. The monoisotopic (exact) mass is 322 g/mol. The van der Waals surface area contributed by atoms with E-state index in [1.165, 1.54) is 0 Å². The molecule has 0 saturated carbocycles. The van der Waals surface area contributed by atoms with Gasteiger partial charge in [0.25, 0.3) is 0 Å². The molecule has 2 bridgehead atoms. The van der Waals surface area contributed by atoms with Gasteiger partial charge in [0.15, 0.2) is 0 Å². The maximum absolute atomic E-state index is 10.5. The van der Waals surface area contributed by atoms with Crippen LogP contribution in [-0.4, -0.2) is 33.1 Å². The highest BCUT2D eigenvalue weighted by molar-refractivity contribution is 5.11. The van der Waals surface area contributed by atoms with Crippen molar-refractivity contribution >= 4 is 0 Å². The Kier molecular flexibility index (Phi) is 5.44. The van der Waals surface area contributed by atoms with E-state index in [1.807, 2.05) is 26.0 Å². The van der Waals surface area contributed by atoms with Crippen molar-refractivity contribution in [1.82, 2.24) is 0 Å². The Hall–Kier alpha value is -0.640. The van der Waals surface area contributed by atoms with E-state index in [9.17, 15) is 10.2 Å². The standard InChI is InChI=1S/C20H34O3/c1-15(2)16-7-12-18(3,22)10-6-11-19(4)13-9-17(21)20(5,23-19)14-8-16/h6-7,11-12,15-17,21-22H,8-10,13-14H2,1-5H3/b11-6-,12-7-/t16-,17-,18+,19-,20+/m0/s1. The molecule has 0 aliphatic carbocycles. The third-order valence-electron chi connectivity index (χ3n) is 5.62. The van der Waals surface area contributed by atoms with Crippen LogP contribution in [0.5, 0.6) is 0 Å². The Morgan fingerprint density at radius 2 is 1.78 bits per heavy atom. The predicted octanol–water partition coefficient (Wildman–Crippen LogP) is 3.99. The lowest BCUT2D eigenvalue weighted by Crippen LogP contribution is -2.53. The van der Waals surface area contributed by atoms with Crippen molar-refractivity contribution in [3.05, 3.63) is 24.3 Å². The topological polar surface area (TPSA) is 49.7 Å². The molecule has 3 nitrogen and oxygen atoms in total. The lowest BCUT2D eigenvalue weighted by molar-refractivity contribution is -0.209. The molecule has 1 saturated heterocycles. The number of hydrogen-bond acceptors (Lipinski definition) is 3. The molecular weight excluding hydrogens is 288 g/mol. The van der Waals surface area contributed by atoms with E-state index < -0.39 is 17.3 Å². The minimum absolute atomic E-state index is 0.361. The molecule has 0 aromatic heterocycles. The maximum atomic E-state index is 10.5. The second-order valence-electron chi connectivity index (χ2n) is 8.55. The fourth-order valence-electron chi connectivity index (χ4n) is 3.77. The van der Waals surface area contributed by atoms with Crippen molar-refractivity contribution < 1.29 is 14.9 Å². The lowest BCUT2D eigenvalue weighted by atomic mass is 9.78. The van der Waals surface area contributed by atoms with Crippen LogP contribution in [0.25, 0.3) is 0 Å². The highest BCUT2D eigenvalue weighted by atomic mass is 16.5. The molecule has 0 aromatic carbocycles. The van der Waals surface area contributed by atoms with E-state index in [2.05, 4.69) is 32.9 Å². The summed E-state index contributed by atoms with van der Waals surface area (Å²) < 4.78 is 6.40. The quantitative estimate of drug-likeness (QED) is 0.718. The number of aliphatic hydroxyl groups is 2. The summed E-state index contributed by atoms with van der Waals surface area (Å²) in [7, 11) is 0. The van der Waals surface area contributed by atoms with Crippen LogP contribution in [-0.2, 0) is 4.74 Å². The van der Waals surface area contributed by atoms with Gasteiger partial charge in [-0.05, 0) is 64.7 Å². The Bertz CT molecular complexity index is 466. The van der Waals surface area contributed by atoms with Gasteiger partial charge in [-0.15, -0.1) is 0 Å². The van der Waals surface area contributed by atoms with Crippen molar-refractivity contribution in [3.63, 3.8) is 0 Å². The van der Waals surface area contributed by atoms with Gasteiger partial charge in [0.2, 0.25) is 0 Å². The van der Waals surface area contributed by atoms with E-state index in [1.54, 1.807) is 0 Å². The zero-order valence-electron chi connectivity index (χ0n) is 15.4. The first-order valence-electron chi connectivity index (χ1n) is 9.03. The number of ether oxygens (including phenoxy) is 1. The minimum Gasteiger partial charge on any atom is -0.390 e. The average molecular weight is 322 g/mol. The summed E-state index contributed by atoms with van der Waals surface area (Å²) in [6, 6.07) is 0. The summed E-state index contributed by atoms with van der Waals surface area (Å²) in [5.74, 6) is 0.877. The van der Waals surface area contributed by atoms with Crippen LogP contribution in [0.3, 0.4) is 0 Å². The second kappa shape index (κ2) is 6.70. The maximum Gasteiger partial charge on any atom is 0.0924 e. The molecule has 2 rings (SSSR count). The molecule has 0 amide bonds. The van der Waals surface area contributed by atoms with Gasteiger partial charge in [-0.1, -0.05) is 38.2 Å². The molecule has 0 spiro atoms. The van der Waals surface area contributed by atoms with E-state index in [0.29, 0.717) is 18.3 Å². The van der Waals surface area contributed by atoms with Crippen molar-refractivity contribution in [2.24, 2.45) is 11.8 Å². The van der Waals surface area contributed by atoms with Crippen molar-refractivity contribution in [3.8, 4) is 0 Å². The van der Waals surface area contributed by atoms with Crippen LogP contribution >= 0.6 is 0 Å². The van der Waals surface area contributed by atoms with Gasteiger partial charge in [-0.25, -0.2) is 0 Å². The summed E-state index contributed by atoms with van der Waals surface area (Å²) in [5, 5.41) is 21.0. The van der Waals surface area contributed by atoms with E-state index in [4.69, 9.17) is 4.74 Å². The normalized spacial score (nSPS) is 48.3. The minimum atomic E-state index is -0.823. The molecule has 2 aliphatic heterocycles. The first kappa shape index (κ1) is 18.7. The third kappa shape index (κ3) is 4.68. The number of allylic oxidation sites excluding steroid dienone is 1. The molecule has 132 valence electrons. The Labute approximate surface area is 141 Å². The second-order valence-corrected chi connectivity index (χ2v) is 8.55. The average Bonchev–Trinajstić information content (AvgIpc) is 2.41. The number of aliphatic hydroxyl groups excluding tert-OH is 1. The van der Waals surface area contributed by atoms with Crippen LogP contribution in [0.1, 0.15) is 66.7 Å². The molecule has 2 heterocycles. The molecule has 2 aliphatic rings. The molecule has 1 fully saturated rings. The molecule has 23 heavy (non-hydrogen) atoms. The van der Waals surface area contributed by atoms with Crippen molar-refractivity contribution in [2.45, 2.75) is 89.6 Å². The van der Waals surface area contributed by atoms with Crippen LogP contribution < -0.4 is 0 Å². The summed E-state index contributed by atoms with van der Waals surface area (Å²) >= 11 is 0. The fraction of sp³-hybridized carbons (Fsp3) is 0.800. The van der Waals surface area contributed by atoms with Crippen LogP contribution in [0.2, 0.25) is 0 Å². The van der Waals surface area contributed by atoms with Crippen LogP contribution in [0, 0.1) is 11.8 Å². The highest BCUT2D eigenvalue weighted by Crippen LogP contribution is 2.41. The Morgan fingerprint density at radius 3 is 2.43 bits per heavy atom. The van der Waals surface area contributed by atoms with E-state index >= 15 is 0 Å². The number of hydrogen-bond donors (Lipinski definition) is 2. The number of rotatable bonds is 1. The molecule has 0 radical (unpaired) electrons. The van der Waals surface area contributed by atoms with Gasteiger partial charge in [-0.2, -0.15) is 0 Å². The van der Waals surface area contributed by atoms with Crippen molar-refractivity contribution in [2.75, 3.05) is 0 Å². The largest absolute Gasteiger partial charge is 0.390 e. The summed E-state index contributed by atoms with van der Waals surface area (Å²) in [4.78, 5) is 0. The van der Waals surface area contributed by atoms with Crippen LogP contribution in [0.15, 0.2) is 24.3 Å². The van der Waals surface area contributed by atoms with Gasteiger partial charge in [0.1, 0.15) is 0 Å². The summed E-state index contributed by atoms with van der Waals surface area (Å²) in [5.41, 5.74) is -1.68. The zero-order valence-corrected chi connectivity index (χ0v) is 15.4. The van der Waals surface area contributed by atoms with Gasteiger partial charge < -0.3 is 14.9 Å². The van der Waals surface area contributed by atoms with Crippen LogP contribution in [0.4, 0.5) is 0 Å². The van der Waals surface area contributed by atoms with E-state index in [-0.39, 0.29) is 5.60 Å². The zero-order chi connectivity index (χ0) is 17.3. The molecule has 2 N–H and O–H groups in total. The molecule has 0 aromatic rings. The van der Waals surface area contributed by atoms with E-state index in [0.717, 1.165) is 25.7 Å². The van der Waals surface area contributed by atoms with Crippen molar-refractivity contribution in [1.29, 1.82) is 0 Å². The first-order valence-corrected chi connectivity index (χ1v) is 9.03. The molecular formula is C20H34O3. The summed E-state index contributed by atoms with van der Waals surface area (Å²) in [6.45, 7) is 10.4. The number of fused-ring (bicyclic) bond motifs is 2. The fourth-order valence-corrected chi connectivity index (χ4v) is 3.77. The SMILES string of the molecule is CC(C)[C@H]1/C=C\[C@](C)(O)C/C=C\[C@@]2(C)CC[C@H](O)[C@@](C)(CC1)O2.